The minimum atomic E-state index is -0.355. The molecule has 4 nitrogen and oxygen atoms in total. The van der Waals surface area contributed by atoms with Gasteiger partial charge in [0.25, 0.3) is 0 Å². The van der Waals surface area contributed by atoms with Crippen LogP contribution in [0.4, 0.5) is 0 Å². The van der Waals surface area contributed by atoms with Gasteiger partial charge in [-0.25, -0.2) is 0 Å². The molecular formula is C34H34N2O2S2. The molecule has 6 heteroatoms. The van der Waals surface area contributed by atoms with E-state index in [1.165, 1.54) is 0 Å². The largest absolute Gasteiger partial charge is 0.335 e. The summed E-state index contributed by atoms with van der Waals surface area (Å²) < 4.78 is 0. The molecule has 0 aromatic heterocycles. The third-order valence-corrected chi connectivity index (χ3v) is 9.71. The third kappa shape index (κ3) is 6.62. The zero-order valence-corrected chi connectivity index (χ0v) is 24.4. The summed E-state index contributed by atoms with van der Waals surface area (Å²) in [6, 6.07) is 39.9. The molecule has 0 aliphatic carbocycles. The van der Waals surface area contributed by atoms with Crippen LogP contribution in [0.25, 0.3) is 0 Å². The maximum absolute atomic E-state index is 14.1. The van der Waals surface area contributed by atoms with Crippen LogP contribution in [0.15, 0.2) is 131 Å². The first-order valence-corrected chi connectivity index (χ1v) is 15.4. The number of carbonyl (C=O) groups excluding carboxylic acids is 2. The van der Waals surface area contributed by atoms with Gasteiger partial charge in [-0.3, -0.25) is 9.59 Å². The minimum absolute atomic E-state index is 0.0878. The summed E-state index contributed by atoms with van der Waals surface area (Å²) in [5, 5.41) is -0.711. The highest BCUT2D eigenvalue weighted by atomic mass is 32.2. The Morgan fingerprint density at radius 3 is 1.18 bits per heavy atom. The van der Waals surface area contributed by atoms with Gasteiger partial charge in [-0.05, 0) is 49.2 Å². The first-order chi connectivity index (χ1) is 19.5. The first kappa shape index (κ1) is 28.1. The fraction of sp³-hybridized carbons (Fsp3) is 0.235. The van der Waals surface area contributed by atoms with E-state index in [-0.39, 0.29) is 34.4 Å². The van der Waals surface area contributed by atoms with E-state index in [4.69, 9.17) is 0 Å². The lowest BCUT2D eigenvalue weighted by atomic mass is 10.0. The molecule has 0 spiro atoms. The van der Waals surface area contributed by atoms with Gasteiger partial charge in [-0.2, -0.15) is 0 Å². The van der Waals surface area contributed by atoms with Crippen molar-refractivity contribution >= 4 is 35.3 Å². The lowest BCUT2D eigenvalue weighted by Gasteiger charge is -2.46. The Hall–Kier alpha value is -3.48. The molecule has 1 aliphatic heterocycles. The van der Waals surface area contributed by atoms with E-state index >= 15 is 0 Å². The van der Waals surface area contributed by atoms with E-state index < -0.39 is 0 Å². The summed E-state index contributed by atoms with van der Waals surface area (Å²) in [6.07, 6.45) is 0. The molecule has 1 aliphatic rings. The molecule has 1 fully saturated rings. The highest BCUT2D eigenvalue weighted by Gasteiger charge is 2.39. The SMILES string of the molecule is CC1CN(C(=O)C(Sc2ccccc2)c2ccccc2)C(C)CN1C(=O)C(Sc1ccccc1)c1ccccc1. The molecule has 0 radical (unpaired) electrons. The molecular weight excluding hydrogens is 533 g/mol. The van der Waals surface area contributed by atoms with E-state index in [1.807, 2.05) is 131 Å². The van der Waals surface area contributed by atoms with Crippen molar-refractivity contribution in [3.63, 3.8) is 0 Å². The smallest absolute Gasteiger partial charge is 0.240 e. The second-order valence-electron chi connectivity index (χ2n) is 10.1. The van der Waals surface area contributed by atoms with Gasteiger partial charge in [0.05, 0.1) is 0 Å². The van der Waals surface area contributed by atoms with Gasteiger partial charge in [-0.1, -0.05) is 97.1 Å². The molecule has 40 heavy (non-hydrogen) atoms. The van der Waals surface area contributed by atoms with E-state index in [1.54, 1.807) is 23.5 Å². The molecule has 1 saturated heterocycles. The van der Waals surface area contributed by atoms with Gasteiger partial charge in [-0.15, -0.1) is 23.5 Å². The second-order valence-corrected chi connectivity index (χ2v) is 12.5. The number of hydrogen-bond acceptors (Lipinski definition) is 4. The first-order valence-electron chi connectivity index (χ1n) is 13.7. The van der Waals surface area contributed by atoms with Crippen LogP contribution in [-0.2, 0) is 9.59 Å². The van der Waals surface area contributed by atoms with Gasteiger partial charge >= 0.3 is 0 Å². The molecule has 4 aromatic carbocycles. The molecule has 2 amide bonds. The van der Waals surface area contributed by atoms with E-state index in [0.717, 1.165) is 20.9 Å². The number of carbonyl (C=O) groups is 2. The highest BCUT2D eigenvalue weighted by molar-refractivity contribution is 8.00. The number of benzene rings is 4. The third-order valence-electron chi connectivity index (χ3n) is 7.20. The van der Waals surface area contributed by atoms with E-state index in [9.17, 15) is 9.59 Å². The van der Waals surface area contributed by atoms with Crippen LogP contribution in [0, 0.1) is 0 Å². The maximum Gasteiger partial charge on any atom is 0.240 e. The van der Waals surface area contributed by atoms with Crippen molar-refractivity contribution in [2.45, 2.75) is 46.2 Å². The van der Waals surface area contributed by atoms with Crippen LogP contribution >= 0.6 is 23.5 Å². The standard InChI is InChI=1S/C34H34N2O2S2/c1-25-23-36(34(38)32(28-17-9-4-10-18-28)40-30-21-13-6-14-22-30)26(2)24-35(25)33(37)31(27-15-7-3-8-16-27)39-29-19-11-5-12-20-29/h3-22,25-26,31-32H,23-24H2,1-2H3. The van der Waals surface area contributed by atoms with E-state index in [0.29, 0.717) is 13.1 Å². The van der Waals surface area contributed by atoms with Gasteiger partial charge in [0.1, 0.15) is 10.5 Å². The Balaban J connectivity index is 1.36. The maximum atomic E-state index is 14.1. The van der Waals surface area contributed by atoms with E-state index in [2.05, 4.69) is 13.8 Å². The van der Waals surface area contributed by atoms with Crippen LogP contribution in [0.5, 0.6) is 0 Å². The van der Waals surface area contributed by atoms with Crippen molar-refractivity contribution in [3.05, 3.63) is 132 Å². The zero-order chi connectivity index (χ0) is 27.9. The molecule has 204 valence electrons. The summed E-state index contributed by atoms with van der Waals surface area (Å²) in [5.74, 6) is 0.176. The van der Waals surface area contributed by atoms with Crippen molar-refractivity contribution < 1.29 is 9.59 Å². The topological polar surface area (TPSA) is 40.6 Å². The monoisotopic (exact) mass is 566 g/mol. The molecule has 0 N–H and O–H groups in total. The summed E-state index contributed by atoms with van der Waals surface area (Å²) in [5.41, 5.74) is 1.98. The number of piperazine rings is 1. The van der Waals surface area contributed by atoms with Gasteiger partial charge in [0, 0.05) is 35.0 Å². The van der Waals surface area contributed by atoms with Crippen molar-refractivity contribution in [1.29, 1.82) is 0 Å². The van der Waals surface area contributed by atoms with Crippen LogP contribution in [0.2, 0.25) is 0 Å². The molecule has 4 unspecified atom stereocenters. The van der Waals surface area contributed by atoms with Crippen molar-refractivity contribution in [3.8, 4) is 0 Å². The lowest BCUT2D eigenvalue weighted by molar-refractivity contribution is -0.145. The Kier molecular flexibility index (Phi) is 9.30. The van der Waals surface area contributed by atoms with Crippen molar-refractivity contribution in [1.82, 2.24) is 9.80 Å². The van der Waals surface area contributed by atoms with Gasteiger partial charge in [0.15, 0.2) is 0 Å². The number of rotatable bonds is 8. The fourth-order valence-corrected chi connectivity index (χ4v) is 7.32. The summed E-state index contributed by atoms with van der Waals surface area (Å²) in [4.78, 5) is 34.3. The summed E-state index contributed by atoms with van der Waals surface area (Å²) in [6.45, 7) is 5.12. The van der Waals surface area contributed by atoms with Crippen LogP contribution in [-0.4, -0.2) is 46.8 Å². The van der Waals surface area contributed by atoms with Crippen molar-refractivity contribution in [2.75, 3.05) is 13.1 Å². The summed E-state index contributed by atoms with van der Waals surface area (Å²) in [7, 11) is 0. The van der Waals surface area contributed by atoms with Crippen LogP contribution in [0.3, 0.4) is 0 Å². The fourth-order valence-electron chi connectivity index (χ4n) is 5.09. The predicted molar refractivity (Wildman–Crippen MR) is 165 cm³/mol. The van der Waals surface area contributed by atoms with Crippen LogP contribution in [0.1, 0.15) is 35.5 Å². The average molecular weight is 567 g/mol. The number of amides is 2. The molecule has 4 aromatic rings. The van der Waals surface area contributed by atoms with Crippen LogP contribution < -0.4 is 0 Å². The quantitative estimate of drug-likeness (QED) is 0.207. The predicted octanol–water partition coefficient (Wildman–Crippen LogP) is 7.50. The van der Waals surface area contributed by atoms with Crippen molar-refractivity contribution in [2.24, 2.45) is 0 Å². The van der Waals surface area contributed by atoms with Gasteiger partial charge < -0.3 is 9.80 Å². The number of nitrogens with zero attached hydrogens (tertiary/aromatic N) is 2. The molecule has 4 atom stereocenters. The van der Waals surface area contributed by atoms with Gasteiger partial charge in [0.2, 0.25) is 11.8 Å². The Bertz CT molecular complexity index is 1280. The lowest BCUT2D eigenvalue weighted by Crippen LogP contribution is -2.60. The number of hydrogen-bond donors (Lipinski definition) is 0. The highest BCUT2D eigenvalue weighted by Crippen LogP contribution is 2.40. The molecule has 5 rings (SSSR count). The molecule has 1 heterocycles. The number of thioether (sulfide) groups is 2. The zero-order valence-electron chi connectivity index (χ0n) is 22.8. The second kappa shape index (κ2) is 13.2. The average Bonchev–Trinajstić information content (AvgIpc) is 3.01. The molecule has 0 bridgehead atoms. The molecule has 0 saturated carbocycles. The Morgan fingerprint density at radius 1 is 0.550 bits per heavy atom. The summed E-state index contributed by atoms with van der Waals surface area (Å²) >= 11 is 3.16. The Labute approximate surface area is 245 Å². The minimum Gasteiger partial charge on any atom is -0.335 e. The Morgan fingerprint density at radius 2 is 0.850 bits per heavy atom. The normalized spacial score (nSPS) is 18.6.